The molecule has 0 saturated heterocycles. The highest BCUT2D eigenvalue weighted by molar-refractivity contribution is 6.30. The summed E-state index contributed by atoms with van der Waals surface area (Å²) in [7, 11) is 0. The topological polar surface area (TPSA) is 53.5 Å². The quantitative estimate of drug-likeness (QED) is 0.623. The summed E-state index contributed by atoms with van der Waals surface area (Å²) in [5, 5.41) is 7.64. The number of hydrazone groups is 1. The Morgan fingerprint density at radius 2 is 1.96 bits per heavy atom. The summed E-state index contributed by atoms with van der Waals surface area (Å²) in [6.45, 7) is 1.95. The molecular weight excluding hydrogens is 310 g/mol. The number of nitrogens with one attached hydrogen (secondary N) is 2. The smallest absolute Gasteiger partial charge is 0.259 e. The molecule has 0 atom stereocenters. The Balaban J connectivity index is 1.79. The number of hydrogen-bond acceptors (Lipinski definition) is 3. The third-order valence-corrected chi connectivity index (χ3v) is 3.19. The van der Waals surface area contributed by atoms with E-state index in [4.69, 9.17) is 11.6 Å². The molecule has 0 aliphatic rings. The molecule has 0 spiro atoms. The number of anilines is 1. The van der Waals surface area contributed by atoms with Crippen LogP contribution in [-0.2, 0) is 4.79 Å². The molecule has 23 heavy (non-hydrogen) atoms. The van der Waals surface area contributed by atoms with Crippen molar-refractivity contribution < 1.29 is 4.79 Å². The minimum Gasteiger partial charge on any atom is -0.376 e. The maximum absolute atomic E-state index is 11.7. The van der Waals surface area contributed by atoms with Gasteiger partial charge in [-0.25, -0.2) is 5.43 Å². The van der Waals surface area contributed by atoms with Crippen LogP contribution in [0.5, 0.6) is 0 Å². The van der Waals surface area contributed by atoms with Gasteiger partial charge in [0.1, 0.15) is 0 Å². The van der Waals surface area contributed by atoms with Gasteiger partial charge in [-0.15, -0.1) is 0 Å². The van der Waals surface area contributed by atoms with Gasteiger partial charge in [-0.2, -0.15) is 5.10 Å². The van der Waals surface area contributed by atoms with E-state index in [1.165, 1.54) is 0 Å². The SMILES string of the molecule is CC(C=Cc1ccccc1)=NNC(=O)CNc1cccc(Cl)c1. The predicted octanol–water partition coefficient (Wildman–Crippen LogP) is 3.96. The molecule has 0 unspecified atom stereocenters. The van der Waals surface area contributed by atoms with Gasteiger partial charge in [0.15, 0.2) is 0 Å². The van der Waals surface area contributed by atoms with Crippen molar-refractivity contribution >= 4 is 35.0 Å². The largest absolute Gasteiger partial charge is 0.376 e. The Labute approximate surface area is 140 Å². The summed E-state index contributed by atoms with van der Waals surface area (Å²) in [6.07, 6.45) is 3.79. The average Bonchev–Trinajstić information content (AvgIpc) is 2.57. The fourth-order valence-corrected chi connectivity index (χ4v) is 1.98. The molecule has 0 fully saturated rings. The van der Waals surface area contributed by atoms with Crippen LogP contribution in [-0.4, -0.2) is 18.2 Å². The number of nitrogens with zero attached hydrogens (tertiary/aromatic N) is 1. The second-order valence-corrected chi connectivity index (χ2v) is 5.33. The molecule has 2 rings (SSSR count). The highest BCUT2D eigenvalue weighted by atomic mass is 35.5. The van der Waals surface area contributed by atoms with Crippen LogP contribution in [0.25, 0.3) is 6.08 Å². The molecule has 0 heterocycles. The van der Waals surface area contributed by atoms with Gasteiger partial charge in [0, 0.05) is 10.7 Å². The van der Waals surface area contributed by atoms with Gasteiger partial charge in [-0.3, -0.25) is 4.79 Å². The Kier molecular flexibility index (Phi) is 6.39. The van der Waals surface area contributed by atoms with Crippen LogP contribution >= 0.6 is 11.6 Å². The Morgan fingerprint density at radius 3 is 2.70 bits per heavy atom. The second-order valence-electron chi connectivity index (χ2n) is 4.90. The van der Waals surface area contributed by atoms with Gasteiger partial charge in [0.05, 0.1) is 12.3 Å². The summed E-state index contributed by atoms with van der Waals surface area (Å²) in [6, 6.07) is 17.1. The monoisotopic (exact) mass is 327 g/mol. The van der Waals surface area contributed by atoms with Crippen LogP contribution in [0.3, 0.4) is 0 Å². The van der Waals surface area contributed by atoms with E-state index in [0.717, 1.165) is 11.3 Å². The molecule has 2 aromatic rings. The van der Waals surface area contributed by atoms with E-state index in [1.807, 2.05) is 61.5 Å². The van der Waals surface area contributed by atoms with Crippen molar-refractivity contribution in [2.75, 3.05) is 11.9 Å². The Hall–Kier alpha value is -2.59. The zero-order valence-electron chi connectivity index (χ0n) is 12.8. The first-order valence-corrected chi connectivity index (χ1v) is 7.57. The fraction of sp³-hybridized carbons (Fsp3) is 0.111. The van der Waals surface area contributed by atoms with E-state index >= 15 is 0 Å². The number of carbonyl (C=O) groups is 1. The molecular formula is C18H18ClN3O. The summed E-state index contributed by atoms with van der Waals surface area (Å²) in [5.74, 6) is -0.225. The van der Waals surface area contributed by atoms with E-state index in [1.54, 1.807) is 12.1 Å². The number of carbonyl (C=O) groups excluding carboxylic acids is 1. The maximum atomic E-state index is 11.7. The summed E-state index contributed by atoms with van der Waals surface area (Å²) in [5.41, 5.74) is 5.09. The van der Waals surface area contributed by atoms with E-state index in [-0.39, 0.29) is 12.5 Å². The van der Waals surface area contributed by atoms with Crippen molar-refractivity contribution in [1.29, 1.82) is 0 Å². The van der Waals surface area contributed by atoms with Crippen LogP contribution in [0, 0.1) is 0 Å². The number of halogens is 1. The highest BCUT2D eigenvalue weighted by Crippen LogP contribution is 2.14. The van der Waals surface area contributed by atoms with Crippen molar-refractivity contribution in [2.45, 2.75) is 6.92 Å². The standard InChI is InChI=1S/C18H18ClN3O/c1-14(10-11-15-6-3-2-4-7-15)21-22-18(23)13-20-17-9-5-8-16(19)12-17/h2-12,20H,13H2,1H3,(H,22,23). The van der Waals surface area contributed by atoms with Crippen molar-refractivity contribution in [3.8, 4) is 0 Å². The molecule has 0 aliphatic carbocycles. The second kappa shape index (κ2) is 8.76. The Morgan fingerprint density at radius 1 is 1.17 bits per heavy atom. The van der Waals surface area contributed by atoms with Crippen molar-refractivity contribution in [2.24, 2.45) is 5.10 Å². The van der Waals surface area contributed by atoms with Crippen LogP contribution in [0.15, 0.2) is 65.8 Å². The number of rotatable bonds is 6. The summed E-state index contributed by atoms with van der Waals surface area (Å²) >= 11 is 5.88. The van der Waals surface area contributed by atoms with Crippen LogP contribution in [0.2, 0.25) is 5.02 Å². The van der Waals surface area contributed by atoms with Crippen LogP contribution in [0.4, 0.5) is 5.69 Å². The molecule has 2 N–H and O–H groups in total. The summed E-state index contributed by atoms with van der Waals surface area (Å²) in [4.78, 5) is 11.7. The fourth-order valence-electron chi connectivity index (χ4n) is 1.79. The molecule has 5 heteroatoms. The lowest BCUT2D eigenvalue weighted by molar-refractivity contribution is -0.119. The average molecular weight is 328 g/mol. The van der Waals surface area contributed by atoms with E-state index in [0.29, 0.717) is 10.7 Å². The number of hydrogen-bond donors (Lipinski definition) is 2. The Bertz CT molecular complexity index is 711. The van der Waals surface area contributed by atoms with Gasteiger partial charge >= 0.3 is 0 Å². The zero-order chi connectivity index (χ0) is 16.5. The third-order valence-electron chi connectivity index (χ3n) is 2.95. The molecule has 0 aromatic heterocycles. The first-order valence-electron chi connectivity index (χ1n) is 7.19. The van der Waals surface area contributed by atoms with Gasteiger partial charge in [0.25, 0.3) is 5.91 Å². The minimum absolute atomic E-state index is 0.125. The molecule has 0 radical (unpaired) electrons. The molecule has 118 valence electrons. The van der Waals surface area contributed by atoms with Crippen molar-refractivity contribution in [3.63, 3.8) is 0 Å². The van der Waals surface area contributed by atoms with Crippen molar-refractivity contribution in [3.05, 3.63) is 71.3 Å². The molecule has 0 saturated carbocycles. The minimum atomic E-state index is -0.225. The lowest BCUT2D eigenvalue weighted by atomic mass is 10.2. The number of amides is 1. The lowest BCUT2D eigenvalue weighted by Gasteiger charge is -2.05. The molecule has 2 aromatic carbocycles. The van der Waals surface area contributed by atoms with E-state index in [2.05, 4.69) is 15.8 Å². The normalized spacial score (nSPS) is 11.5. The van der Waals surface area contributed by atoms with Crippen LogP contribution in [0.1, 0.15) is 12.5 Å². The molecule has 0 bridgehead atoms. The summed E-state index contributed by atoms with van der Waals surface area (Å²) < 4.78 is 0. The van der Waals surface area contributed by atoms with Gasteiger partial charge in [-0.05, 0) is 36.8 Å². The van der Waals surface area contributed by atoms with Crippen molar-refractivity contribution in [1.82, 2.24) is 5.43 Å². The third kappa shape index (κ3) is 6.36. The first kappa shape index (κ1) is 16.8. The zero-order valence-corrected chi connectivity index (χ0v) is 13.5. The predicted molar refractivity (Wildman–Crippen MR) is 96.7 cm³/mol. The van der Waals surface area contributed by atoms with E-state index in [9.17, 15) is 4.79 Å². The maximum Gasteiger partial charge on any atom is 0.259 e. The van der Waals surface area contributed by atoms with Gasteiger partial charge in [0.2, 0.25) is 0 Å². The molecule has 0 aliphatic heterocycles. The van der Waals surface area contributed by atoms with Gasteiger partial charge < -0.3 is 5.32 Å². The molecule has 1 amide bonds. The van der Waals surface area contributed by atoms with Crippen LogP contribution < -0.4 is 10.7 Å². The lowest BCUT2D eigenvalue weighted by Crippen LogP contribution is -2.26. The first-order chi connectivity index (χ1) is 11.1. The molecule has 4 nitrogen and oxygen atoms in total. The van der Waals surface area contributed by atoms with Gasteiger partial charge in [-0.1, -0.05) is 54.1 Å². The number of benzene rings is 2. The number of allylic oxidation sites excluding steroid dienone is 1. The van der Waals surface area contributed by atoms with E-state index < -0.39 is 0 Å². The highest BCUT2D eigenvalue weighted by Gasteiger charge is 2.00.